The van der Waals surface area contributed by atoms with Crippen LogP contribution in [0.2, 0.25) is 0 Å². The average Bonchev–Trinajstić information content (AvgIpc) is 3.35. The minimum atomic E-state index is -3.79. The molecule has 0 saturated heterocycles. The molecule has 1 aromatic heterocycles. The molecule has 0 saturated carbocycles. The van der Waals surface area contributed by atoms with Gasteiger partial charge in [0, 0.05) is 22.9 Å². The van der Waals surface area contributed by atoms with E-state index in [4.69, 9.17) is 0 Å². The first-order valence-electron chi connectivity index (χ1n) is 11.6. The molecule has 34 heavy (non-hydrogen) atoms. The van der Waals surface area contributed by atoms with Crippen molar-refractivity contribution < 1.29 is 13.2 Å². The number of nitrogens with zero attached hydrogens (tertiary/aromatic N) is 2. The van der Waals surface area contributed by atoms with E-state index in [0.29, 0.717) is 13.0 Å². The Bertz CT molecular complexity index is 1240. The van der Waals surface area contributed by atoms with Crippen molar-refractivity contribution in [1.29, 1.82) is 0 Å². The molecule has 0 bridgehead atoms. The lowest BCUT2D eigenvalue weighted by Crippen LogP contribution is -2.48. The molecule has 0 N–H and O–H groups in total. The molecular weight excluding hydrogens is 464 g/mol. The molecule has 178 valence electrons. The summed E-state index contributed by atoms with van der Waals surface area (Å²) in [4.78, 5) is 16.8. The van der Waals surface area contributed by atoms with Gasteiger partial charge >= 0.3 is 0 Å². The highest BCUT2D eigenvalue weighted by atomic mass is 32.2. The monoisotopic (exact) mass is 494 g/mol. The number of carbonyl (C=O) groups excluding carboxylic acids is 1. The van der Waals surface area contributed by atoms with Gasteiger partial charge in [-0.3, -0.25) is 4.79 Å². The molecule has 4 rings (SSSR count). The van der Waals surface area contributed by atoms with Gasteiger partial charge in [-0.2, -0.15) is 4.31 Å². The van der Waals surface area contributed by atoms with Crippen LogP contribution >= 0.6 is 11.3 Å². The summed E-state index contributed by atoms with van der Waals surface area (Å²) in [6.45, 7) is 4.17. The lowest BCUT2D eigenvalue weighted by molar-refractivity contribution is -0.133. The van der Waals surface area contributed by atoms with Gasteiger partial charge in [-0.1, -0.05) is 67.6 Å². The van der Waals surface area contributed by atoms with E-state index in [0.717, 1.165) is 23.1 Å². The summed E-state index contributed by atoms with van der Waals surface area (Å²) in [6.07, 6.45) is 2.98. The Balaban J connectivity index is 1.62. The predicted octanol–water partition coefficient (Wildman–Crippen LogP) is 5.32. The lowest BCUT2D eigenvalue weighted by Gasteiger charge is -2.38. The molecule has 0 radical (unpaired) electrons. The summed E-state index contributed by atoms with van der Waals surface area (Å²) in [5, 5.41) is 3.28. The van der Waals surface area contributed by atoms with Crippen molar-refractivity contribution in [2.45, 2.75) is 38.8 Å². The van der Waals surface area contributed by atoms with Crippen LogP contribution < -0.4 is 0 Å². The third-order valence-corrected chi connectivity index (χ3v) is 8.95. The summed E-state index contributed by atoms with van der Waals surface area (Å²) < 4.78 is 27.9. The van der Waals surface area contributed by atoms with E-state index < -0.39 is 10.0 Å². The van der Waals surface area contributed by atoms with Crippen molar-refractivity contribution in [3.8, 4) is 0 Å². The number of benzene rings is 2. The number of amides is 1. The molecule has 1 aliphatic rings. The second-order valence-corrected chi connectivity index (χ2v) is 11.3. The van der Waals surface area contributed by atoms with Gasteiger partial charge in [0.1, 0.15) is 0 Å². The molecule has 7 heteroatoms. The maximum Gasteiger partial charge on any atom is 0.238 e. The molecule has 1 aliphatic heterocycles. The van der Waals surface area contributed by atoms with Gasteiger partial charge in [0.15, 0.2) is 0 Å². The minimum absolute atomic E-state index is 0.178. The van der Waals surface area contributed by atoms with Gasteiger partial charge in [0.05, 0.1) is 12.6 Å². The van der Waals surface area contributed by atoms with Gasteiger partial charge < -0.3 is 4.90 Å². The number of carbonyl (C=O) groups is 1. The fraction of sp³-hybridized carbons (Fsp3) is 0.296. The molecular formula is C27H30N2O3S2. The van der Waals surface area contributed by atoms with Crippen LogP contribution in [-0.4, -0.2) is 42.7 Å². The average molecular weight is 495 g/mol. The number of fused-ring (bicyclic) bond motifs is 1. The molecule has 0 fully saturated rings. The Hall–Kier alpha value is -2.74. The second kappa shape index (κ2) is 10.7. The van der Waals surface area contributed by atoms with E-state index in [1.54, 1.807) is 17.4 Å². The van der Waals surface area contributed by atoms with Crippen molar-refractivity contribution in [2.24, 2.45) is 0 Å². The van der Waals surface area contributed by atoms with Crippen LogP contribution in [0.5, 0.6) is 0 Å². The Morgan fingerprint density at radius 2 is 1.79 bits per heavy atom. The zero-order chi connectivity index (χ0) is 24.1. The van der Waals surface area contributed by atoms with Crippen LogP contribution in [0.1, 0.15) is 47.9 Å². The van der Waals surface area contributed by atoms with Crippen molar-refractivity contribution in [2.75, 3.05) is 13.1 Å². The molecule has 1 amide bonds. The van der Waals surface area contributed by atoms with E-state index in [1.165, 1.54) is 14.6 Å². The van der Waals surface area contributed by atoms with Crippen molar-refractivity contribution in [3.05, 3.63) is 99.1 Å². The highest BCUT2D eigenvalue weighted by molar-refractivity contribution is 7.92. The topological polar surface area (TPSA) is 57.7 Å². The van der Waals surface area contributed by atoms with E-state index in [2.05, 4.69) is 11.4 Å². The van der Waals surface area contributed by atoms with Crippen molar-refractivity contribution >= 4 is 33.3 Å². The first kappa shape index (κ1) is 24.4. The van der Waals surface area contributed by atoms with E-state index in [9.17, 15) is 13.2 Å². The Kier molecular flexibility index (Phi) is 7.66. The van der Waals surface area contributed by atoms with Crippen LogP contribution in [0.3, 0.4) is 0 Å². The number of hydrogen-bond donors (Lipinski definition) is 0. The zero-order valence-electron chi connectivity index (χ0n) is 19.5. The first-order valence-corrected chi connectivity index (χ1v) is 13.9. The maximum absolute atomic E-state index is 13.7. The SMILES string of the molecule is CCC(C)N(CC(=O)N1CCc2sccc2C1c1ccccc1)S(=O)(=O)/C=C/c1ccccc1. The summed E-state index contributed by atoms with van der Waals surface area (Å²) in [6, 6.07) is 20.9. The van der Waals surface area contributed by atoms with E-state index >= 15 is 0 Å². The summed E-state index contributed by atoms with van der Waals surface area (Å²) >= 11 is 1.72. The number of sulfonamides is 1. The van der Waals surface area contributed by atoms with Gasteiger partial charge in [-0.15, -0.1) is 11.3 Å². The molecule has 0 spiro atoms. The molecule has 2 heterocycles. The first-order chi connectivity index (χ1) is 16.4. The Morgan fingerprint density at radius 3 is 2.47 bits per heavy atom. The molecule has 0 aliphatic carbocycles. The fourth-order valence-corrected chi connectivity index (χ4v) is 6.64. The van der Waals surface area contributed by atoms with Crippen LogP contribution in [0, 0.1) is 0 Å². The Morgan fingerprint density at radius 1 is 1.12 bits per heavy atom. The highest BCUT2D eigenvalue weighted by Gasteiger charge is 2.35. The predicted molar refractivity (Wildman–Crippen MR) is 139 cm³/mol. The van der Waals surface area contributed by atoms with Crippen LogP contribution in [-0.2, 0) is 21.2 Å². The maximum atomic E-state index is 13.7. The normalized spacial score (nSPS) is 17.1. The molecule has 3 aromatic rings. The molecule has 5 nitrogen and oxygen atoms in total. The molecule has 2 aromatic carbocycles. The number of thiophene rings is 1. The molecule has 2 atom stereocenters. The summed E-state index contributed by atoms with van der Waals surface area (Å²) in [5.41, 5.74) is 2.97. The van der Waals surface area contributed by atoms with Gasteiger partial charge in [0.2, 0.25) is 15.9 Å². The van der Waals surface area contributed by atoms with Gasteiger partial charge in [-0.05, 0) is 54.0 Å². The smallest absolute Gasteiger partial charge is 0.238 e. The highest BCUT2D eigenvalue weighted by Crippen LogP contribution is 2.38. The fourth-order valence-electron chi connectivity index (χ4n) is 4.31. The number of hydrogen-bond acceptors (Lipinski definition) is 4. The largest absolute Gasteiger partial charge is 0.330 e. The summed E-state index contributed by atoms with van der Waals surface area (Å²) in [7, 11) is -3.79. The lowest BCUT2D eigenvalue weighted by atomic mass is 9.93. The Labute approximate surface area is 206 Å². The third kappa shape index (κ3) is 5.32. The minimum Gasteiger partial charge on any atom is -0.330 e. The van der Waals surface area contributed by atoms with E-state index in [-0.39, 0.29) is 24.5 Å². The van der Waals surface area contributed by atoms with Gasteiger partial charge in [0.25, 0.3) is 0 Å². The standard InChI is InChI=1S/C27H30N2O3S2/c1-3-21(2)29(34(31,32)19-16-22-10-6-4-7-11-22)20-26(30)28-17-14-25-24(15-18-33-25)27(28)23-12-8-5-9-13-23/h4-13,15-16,18-19,21,27H,3,14,17,20H2,1-2H3/b19-16+. The van der Waals surface area contributed by atoms with Crippen molar-refractivity contribution in [1.82, 2.24) is 9.21 Å². The zero-order valence-corrected chi connectivity index (χ0v) is 21.1. The second-order valence-electron chi connectivity index (χ2n) is 8.51. The van der Waals surface area contributed by atoms with Crippen molar-refractivity contribution in [3.63, 3.8) is 0 Å². The summed E-state index contributed by atoms with van der Waals surface area (Å²) in [5.74, 6) is -0.178. The quantitative estimate of drug-likeness (QED) is 0.426. The van der Waals surface area contributed by atoms with Gasteiger partial charge in [-0.25, -0.2) is 8.42 Å². The molecule has 2 unspecified atom stereocenters. The number of rotatable bonds is 8. The van der Waals surface area contributed by atoms with Crippen LogP contribution in [0.15, 0.2) is 77.5 Å². The van der Waals surface area contributed by atoms with Crippen LogP contribution in [0.4, 0.5) is 0 Å². The third-order valence-electron chi connectivity index (χ3n) is 6.33. The van der Waals surface area contributed by atoms with Crippen LogP contribution in [0.25, 0.3) is 6.08 Å². The van der Waals surface area contributed by atoms with E-state index in [1.807, 2.05) is 79.4 Å².